The molecule has 0 aromatic rings. The highest BCUT2D eigenvalue weighted by Crippen LogP contribution is 2.42. The molecule has 0 heterocycles. The van der Waals surface area contributed by atoms with Crippen molar-refractivity contribution < 1.29 is 0 Å². The number of nitriles is 1. The third-order valence-corrected chi connectivity index (χ3v) is 6.17. The summed E-state index contributed by atoms with van der Waals surface area (Å²) in [4.78, 5) is 0. The van der Waals surface area contributed by atoms with Crippen LogP contribution in [0, 0.1) is 35.0 Å². The molecular weight excluding hydrogens is 254 g/mol. The number of hydrogen-bond donors (Lipinski definition) is 0. The van der Waals surface area contributed by atoms with Gasteiger partial charge < -0.3 is 0 Å². The summed E-state index contributed by atoms with van der Waals surface area (Å²) < 4.78 is 0. The molecule has 0 spiro atoms. The highest BCUT2D eigenvalue weighted by atomic mass is 14.4. The molecule has 1 nitrogen and oxygen atoms in total. The second-order valence-electron chi connectivity index (χ2n) is 7.74. The average molecular weight is 290 g/mol. The molecule has 2 fully saturated rings. The molecule has 0 aliphatic heterocycles. The minimum Gasteiger partial charge on any atom is -0.198 e. The molecule has 0 bridgehead atoms. The van der Waals surface area contributed by atoms with Gasteiger partial charge in [-0.2, -0.15) is 5.26 Å². The Balaban J connectivity index is 1.60. The maximum atomic E-state index is 9.16. The van der Waals surface area contributed by atoms with E-state index in [-0.39, 0.29) is 0 Å². The lowest BCUT2D eigenvalue weighted by Gasteiger charge is -2.37. The molecule has 2 atom stereocenters. The molecule has 0 saturated heterocycles. The van der Waals surface area contributed by atoms with Gasteiger partial charge in [0.1, 0.15) is 0 Å². The molecule has 2 unspecified atom stereocenters. The summed E-state index contributed by atoms with van der Waals surface area (Å²) in [6.07, 6.45) is 19.6. The van der Waals surface area contributed by atoms with E-state index in [1.807, 2.05) is 0 Å². The van der Waals surface area contributed by atoms with Crippen LogP contribution in [0.5, 0.6) is 0 Å². The fraction of sp³-hybridized carbons (Fsp3) is 0.950. The van der Waals surface area contributed by atoms with Crippen LogP contribution in [0.25, 0.3) is 0 Å². The van der Waals surface area contributed by atoms with Gasteiger partial charge in [-0.1, -0.05) is 71.1 Å². The van der Waals surface area contributed by atoms with E-state index >= 15 is 0 Å². The molecule has 0 radical (unpaired) electrons. The summed E-state index contributed by atoms with van der Waals surface area (Å²) in [6, 6.07) is 2.53. The average Bonchev–Trinajstić information content (AvgIpc) is 2.55. The van der Waals surface area contributed by atoms with Crippen LogP contribution in [0.15, 0.2) is 0 Å². The molecule has 2 aliphatic carbocycles. The summed E-state index contributed by atoms with van der Waals surface area (Å²) >= 11 is 0. The van der Waals surface area contributed by atoms with E-state index in [1.165, 1.54) is 89.9 Å². The fourth-order valence-electron chi connectivity index (χ4n) is 4.76. The summed E-state index contributed by atoms with van der Waals surface area (Å²) in [5.41, 5.74) is 0. The lowest BCUT2D eigenvalue weighted by atomic mass is 9.68. The number of nitrogens with zero attached hydrogens (tertiary/aromatic N) is 1. The number of hydrogen-bond acceptors (Lipinski definition) is 1. The van der Waals surface area contributed by atoms with Gasteiger partial charge >= 0.3 is 0 Å². The molecule has 0 amide bonds. The van der Waals surface area contributed by atoms with Crippen LogP contribution in [0.3, 0.4) is 0 Å². The van der Waals surface area contributed by atoms with Crippen LogP contribution >= 0.6 is 0 Å². The first-order chi connectivity index (χ1) is 10.3. The Morgan fingerprint density at radius 1 is 0.857 bits per heavy atom. The molecule has 21 heavy (non-hydrogen) atoms. The molecule has 0 N–H and O–H groups in total. The summed E-state index contributed by atoms with van der Waals surface area (Å²) in [5, 5.41) is 9.16. The van der Waals surface area contributed by atoms with E-state index in [0.29, 0.717) is 5.92 Å². The van der Waals surface area contributed by atoms with Crippen molar-refractivity contribution in [2.24, 2.45) is 23.7 Å². The van der Waals surface area contributed by atoms with Gasteiger partial charge in [0.2, 0.25) is 0 Å². The van der Waals surface area contributed by atoms with Crippen LogP contribution in [0.2, 0.25) is 0 Å². The SMILES string of the molecule is CCCCCCC[C@H]1CC[C@H](C2CCCC(C#N)C2)CC1. The van der Waals surface area contributed by atoms with E-state index in [4.69, 9.17) is 5.26 Å². The Morgan fingerprint density at radius 2 is 1.62 bits per heavy atom. The van der Waals surface area contributed by atoms with Gasteiger partial charge in [0.05, 0.1) is 6.07 Å². The second kappa shape index (κ2) is 9.50. The van der Waals surface area contributed by atoms with Crippen molar-refractivity contribution in [3.63, 3.8) is 0 Å². The van der Waals surface area contributed by atoms with E-state index in [1.54, 1.807) is 0 Å². The second-order valence-corrected chi connectivity index (χ2v) is 7.74. The minimum atomic E-state index is 0.375. The molecule has 2 saturated carbocycles. The maximum absolute atomic E-state index is 9.16. The van der Waals surface area contributed by atoms with E-state index in [0.717, 1.165) is 17.8 Å². The summed E-state index contributed by atoms with van der Waals surface area (Å²) in [6.45, 7) is 2.30. The zero-order chi connectivity index (χ0) is 14.9. The zero-order valence-electron chi connectivity index (χ0n) is 14.2. The van der Waals surface area contributed by atoms with Gasteiger partial charge in [0.15, 0.2) is 0 Å². The monoisotopic (exact) mass is 289 g/mol. The number of unbranched alkanes of at least 4 members (excludes halogenated alkanes) is 4. The Morgan fingerprint density at radius 3 is 2.33 bits per heavy atom. The topological polar surface area (TPSA) is 23.8 Å². The fourth-order valence-corrected chi connectivity index (χ4v) is 4.76. The van der Waals surface area contributed by atoms with Gasteiger partial charge in [-0.05, 0) is 43.4 Å². The van der Waals surface area contributed by atoms with Crippen molar-refractivity contribution in [1.29, 1.82) is 5.26 Å². The molecule has 2 aliphatic rings. The van der Waals surface area contributed by atoms with Crippen molar-refractivity contribution in [1.82, 2.24) is 0 Å². The van der Waals surface area contributed by atoms with Crippen LogP contribution in [-0.4, -0.2) is 0 Å². The van der Waals surface area contributed by atoms with Gasteiger partial charge in [0, 0.05) is 5.92 Å². The zero-order valence-corrected chi connectivity index (χ0v) is 14.2. The lowest BCUT2D eigenvalue weighted by molar-refractivity contribution is 0.149. The van der Waals surface area contributed by atoms with E-state index in [9.17, 15) is 0 Å². The molecule has 0 aromatic carbocycles. The first-order valence-corrected chi connectivity index (χ1v) is 9.73. The third-order valence-electron chi connectivity index (χ3n) is 6.17. The third kappa shape index (κ3) is 5.65. The molecular formula is C20H35N. The quantitative estimate of drug-likeness (QED) is 0.492. The van der Waals surface area contributed by atoms with Gasteiger partial charge in [-0.25, -0.2) is 0 Å². The van der Waals surface area contributed by atoms with Crippen LogP contribution in [0.4, 0.5) is 0 Å². The predicted molar refractivity (Wildman–Crippen MR) is 89.9 cm³/mol. The molecule has 120 valence electrons. The lowest BCUT2D eigenvalue weighted by Crippen LogP contribution is -2.26. The predicted octanol–water partition coefficient (Wildman–Crippen LogP) is 6.48. The Bertz CT molecular complexity index is 308. The summed E-state index contributed by atoms with van der Waals surface area (Å²) in [7, 11) is 0. The van der Waals surface area contributed by atoms with Crippen molar-refractivity contribution in [2.75, 3.05) is 0 Å². The Labute approximate surface area is 132 Å². The standard InChI is InChI=1S/C20H35N/c1-2-3-4-5-6-8-17-11-13-19(14-12-17)20-10-7-9-18(15-20)16-21/h17-20H,2-15H2,1H3/t17-,18?,19-,20?. The normalized spacial score (nSPS) is 33.5. The van der Waals surface area contributed by atoms with Crippen LogP contribution < -0.4 is 0 Å². The first-order valence-electron chi connectivity index (χ1n) is 9.73. The molecule has 0 aromatic heterocycles. The van der Waals surface area contributed by atoms with E-state index in [2.05, 4.69) is 13.0 Å². The van der Waals surface area contributed by atoms with Crippen molar-refractivity contribution in [3.05, 3.63) is 0 Å². The van der Waals surface area contributed by atoms with Gasteiger partial charge in [-0.15, -0.1) is 0 Å². The van der Waals surface area contributed by atoms with Crippen molar-refractivity contribution >= 4 is 0 Å². The smallest absolute Gasteiger partial charge is 0.0655 e. The van der Waals surface area contributed by atoms with Gasteiger partial charge in [0.25, 0.3) is 0 Å². The maximum Gasteiger partial charge on any atom is 0.0655 e. The van der Waals surface area contributed by atoms with E-state index < -0.39 is 0 Å². The largest absolute Gasteiger partial charge is 0.198 e. The number of rotatable bonds is 7. The van der Waals surface area contributed by atoms with Gasteiger partial charge in [-0.3, -0.25) is 0 Å². The van der Waals surface area contributed by atoms with Crippen LogP contribution in [0.1, 0.15) is 96.8 Å². The van der Waals surface area contributed by atoms with Crippen LogP contribution in [-0.2, 0) is 0 Å². The molecule has 1 heteroatoms. The van der Waals surface area contributed by atoms with Crippen molar-refractivity contribution in [2.45, 2.75) is 96.8 Å². The Kier molecular flexibility index (Phi) is 7.62. The summed E-state index contributed by atoms with van der Waals surface area (Å²) in [5.74, 6) is 3.24. The Hall–Kier alpha value is -0.510. The highest BCUT2D eigenvalue weighted by molar-refractivity contribution is 4.90. The molecule has 2 rings (SSSR count). The minimum absolute atomic E-state index is 0.375. The highest BCUT2D eigenvalue weighted by Gasteiger charge is 2.31. The first kappa shape index (κ1) is 16.9. The van der Waals surface area contributed by atoms with Crippen molar-refractivity contribution in [3.8, 4) is 6.07 Å².